The van der Waals surface area contributed by atoms with Gasteiger partial charge in [-0.1, -0.05) is 35.3 Å². The van der Waals surface area contributed by atoms with Crippen LogP contribution in [0.15, 0.2) is 30.3 Å². The van der Waals surface area contributed by atoms with Crippen LogP contribution >= 0.6 is 23.2 Å². The summed E-state index contributed by atoms with van der Waals surface area (Å²) in [5.74, 6) is -0.359. The fourth-order valence-electron chi connectivity index (χ4n) is 1.63. The van der Waals surface area contributed by atoms with Crippen LogP contribution in [0.1, 0.15) is 10.5 Å². The number of esters is 1. The molecule has 0 radical (unpaired) electrons. The van der Waals surface area contributed by atoms with Gasteiger partial charge in [0.1, 0.15) is 5.82 Å². The molecule has 2 aromatic rings. The molecule has 1 aromatic heterocycles. The number of anilines is 1. The molecule has 1 aromatic carbocycles. The van der Waals surface area contributed by atoms with Gasteiger partial charge >= 0.3 is 5.97 Å². The first-order chi connectivity index (χ1) is 9.04. The zero-order chi connectivity index (χ0) is 14.0. The zero-order valence-corrected chi connectivity index (χ0v) is 11.5. The zero-order valence-electron chi connectivity index (χ0n) is 9.98. The van der Waals surface area contributed by atoms with Crippen molar-refractivity contribution in [2.75, 3.05) is 12.8 Å². The van der Waals surface area contributed by atoms with Gasteiger partial charge in [-0.15, -0.1) is 0 Å². The average Bonchev–Trinajstić information content (AvgIpc) is 2.41. The third-order valence-corrected chi connectivity index (χ3v) is 3.38. The van der Waals surface area contributed by atoms with Crippen LogP contribution < -0.4 is 5.73 Å². The van der Waals surface area contributed by atoms with E-state index in [2.05, 4.69) is 9.72 Å². The standard InChI is InChI=1S/C13H10Cl2N2O2/c1-19-13(18)10-6-5-8(12(16)17-10)7-3-2-4-9(14)11(7)15/h2-6H,1H3,(H2,16,17). The predicted molar refractivity (Wildman–Crippen MR) is 75.4 cm³/mol. The number of carbonyl (C=O) groups excluding carboxylic acids is 1. The summed E-state index contributed by atoms with van der Waals surface area (Å²) in [4.78, 5) is 15.3. The molecule has 0 fully saturated rings. The summed E-state index contributed by atoms with van der Waals surface area (Å²) >= 11 is 12.1. The first kappa shape index (κ1) is 13.6. The van der Waals surface area contributed by atoms with Crippen LogP contribution in [0.25, 0.3) is 11.1 Å². The number of nitrogens with two attached hydrogens (primary N) is 1. The quantitative estimate of drug-likeness (QED) is 0.862. The van der Waals surface area contributed by atoms with E-state index in [0.29, 0.717) is 21.2 Å². The topological polar surface area (TPSA) is 65.2 Å². The molecule has 0 aliphatic heterocycles. The molecule has 0 aliphatic carbocycles. The minimum atomic E-state index is -0.546. The van der Waals surface area contributed by atoms with Gasteiger partial charge in [0.05, 0.1) is 17.2 Å². The van der Waals surface area contributed by atoms with E-state index in [1.165, 1.54) is 13.2 Å². The number of ether oxygens (including phenoxy) is 1. The molecule has 19 heavy (non-hydrogen) atoms. The van der Waals surface area contributed by atoms with Crippen LogP contribution in [0.2, 0.25) is 10.0 Å². The molecule has 2 N–H and O–H groups in total. The molecule has 0 aliphatic rings. The van der Waals surface area contributed by atoms with Crippen LogP contribution in [-0.2, 0) is 4.74 Å². The van der Waals surface area contributed by atoms with Gasteiger partial charge in [-0.25, -0.2) is 9.78 Å². The van der Waals surface area contributed by atoms with Gasteiger partial charge < -0.3 is 10.5 Å². The van der Waals surface area contributed by atoms with E-state index in [0.717, 1.165) is 0 Å². The minimum Gasteiger partial charge on any atom is -0.464 e. The SMILES string of the molecule is COC(=O)c1ccc(-c2cccc(Cl)c2Cl)c(N)n1. The Labute approximate surface area is 120 Å². The van der Waals surface area contributed by atoms with Crippen molar-refractivity contribution in [3.63, 3.8) is 0 Å². The van der Waals surface area contributed by atoms with Gasteiger partial charge in [0.25, 0.3) is 0 Å². The monoisotopic (exact) mass is 296 g/mol. The van der Waals surface area contributed by atoms with E-state index in [1.807, 2.05) is 0 Å². The molecule has 6 heteroatoms. The van der Waals surface area contributed by atoms with Crippen LogP contribution in [0.4, 0.5) is 5.82 Å². The number of methoxy groups -OCH3 is 1. The molecular weight excluding hydrogens is 287 g/mol. The molecule has 1 heterocycles. The molecule has 0 unspecified atom stereocenters. The van der Waals surface area contributed by atoms with Gasteiger partial charge in [0, 0.05) is 11.1 Å². The van der Waals surface area contributed by atoms with E-state index >= 15 is 0 Å². The van der Waals surface area contributed by atoms with Crippen LogP contribution in [0.3, 0.4) is 0 Å². The number of rotatable bonds is 2. The summed E-state index contributed by atoms with van der Waals surface area (Å²) in [5, 5.41) is 0.819. The first-order valence-corrected chi connectivity index (χ1v) is 6.09. The second-order valence-electron chi connectivity index (χ2n) is 3.72. The molecule has 0 bridgehead atoms. The Kier molecular flexibility index (Phi) is 3.93. The lowest BCUT2D eigenvalue weighted by Crippen LogP contribution is -2.06. The van der Waals surface area contributed by atoms with Crippen LogP contribution in [-0.4, -0.2) is 18.1 Å². The molecule has 0 amide bonds. The Bertz CT molecular complexity index is 645. The summed E-state index contributed by atoms with van der Waals surface area (Å²) in [5.41, 5.74) is 7.26. The highest BCUT2D eigenvalue weighted by Gasteiger charge is 2.14. The lowest BCUT2D eigenvalue weighted by Gasteiger charge is -2.09. The third-order valence-electron chi connectivity index (χ3n) is 2.56. The summed E-state index contributed by atoms with van der Waals surface area (Å²) < 4.78 is 4.58. The number of halogens is 2. The largest absolute Gasteiger partial charge is 0.464 e. The highest BCUT2D eigenvalue weighted by Crippen LogP contribution is 2.35. The Morgan fingerprint density at radius 2 is 1.95 bits per heavy atom. The number of hydrogen-bond donors (Lipinski definition) is 1. The molecule has 0 atom stereocenters. The second kappa shape index (κ2) is 5.47. The third kappa shape index (κ3) is 2.64. The maximum atomic E-state index is 11.3. The molecule has 0 spiro atoms. The van der Waals surface area contributed by atoms with Crippen molar-refractivity contribution in [3.05, 3.63) is 46.1 Å². The van der Waals surface area contributed by atoms with Gasteiger partial charge in [0.15, 0.2) is 5.69 Å². The van der Waals surface area contributed by atoms with Crippen molar-refractivity contribution >= 4 is 35.0 Å². The predicted octanol–water partition coefficient (Wildman–Crippen LogP) is 3.42. The maximum absolute atomic E-state index is 11.3. The molecule has 0 saturated carbocycles. The Morgan fingerprint density at radius 1 is 1.21 bits per heavy atom. The smallest absolute Gasteiger partial charge is 0.356 e. The molecular formula is C13H10Cl2N2O2. The lowest BCUT2D eigenvalue weighted by molar-refractivity contribution is 0.0594. The molecule has 0 saturated heterocycles. The number of aromatic nitrogens is 1. The molecule has 98 valence electrons. The first-order valence-electron chi connectivity index (χ1n) is 5.34. The summed E-state index contributed by atoms with van der Waals surface area (Å²) in [6, 6.07) is 8.40. The van der Waals surface area contributed by atoms with Gasteiger partial charge in [-0.3, -0.25) is 0 Å². The Balaban J connectivity index is 2.52. The van der Waals surface area contributed by atoms with E-state index in [9.17, 15) is 4.79 Å². The fraction of sp³-hybridized carbons (Fsp3) is 0.0769. The van der Waals surface area contributed by atoms with Crippen LogP contribution in [0, 0.1) is 0 Å². The minimum absolute atomic E-state index is 0.141. The average molecular weight is 297 g/mol. The number of nitrogen functional groups attached to an aromatic ring is 1. The fourth-order valence-corrected chi connectivity index (χ4v) is 2.04. The number of hydrogen-bond acceptors (Lipinski definition) is 4. The van der Waals surface area contributed by atoms with E-state index < -0.39 is 5.97 Å². The van der Waals surface area contributed by atoms with Crippen LogP contribution in [0.5, 0.6) is 0 Å². The van der Waals surface area contributed by atoms with E-state index in [-0.39, 0.29) is 11.5 Å². The Hall–Kier alpha value is -1.78. The lowest BCUT2D eigenvalue weighted by atomic mass is 10.1. The highest BCUT2D eigenvalue weighted by atomic mass is 35.5. The summed E-state index contributed by atoms with van der Waals surface area (Å²) in [7, 11) is 1.28. The van der Waals surface area contributed by atoms with Crippen molar-refractivity contribution in [1.29, 1.82) is 0 Å². The number of pyridine rings is 1. The second-order valence-corrected chi connectivity index (χ2v) is 4.51. The van der Waals surface area contributed by atoms with E-state index in [4.69, 9.17) is 28.9 Å². The van der Waals surface area contributed by atoms with Crippen molar-refractivity contribution in [2.24, 2.45) is 0 Å². The van der Waals surface area contributed by atoms with E-state index in [1.54, 1.807) is 24.3 Å². The molecule has 2 rings (SSSR count). The number of carbonyl (C=O) groups is 1. The molecule has 4 nitrogen and oxygen atoms in total. The van der Waals surface area contributed by atoms with Crippen molar-refractivity contribution < 1.29 is 9.53 Å². The van der Waals surface area contributed by atoms with Gasteiger partial charge in [0.2, 0.25) is 0 Å². The number of benzene rings is 1. The van der Waals surface area contributed by atoms with Crippen molar-refractivity contribution in [3.8, 4) is 11.1 Å². The Morgan fingerprint density at radius 3 is 2.58 bits per heavy atom. The normalized spacial score (nSPS) is 10.3. The highest BCUT2D eigenvalue weighted by molar-refractivity contribution is 6.43. The number of nitrogens with zero attached hydrogens (tertiary/aromatic N) is 1. The maximum Gasteiger partial charge on any atom is 0.356 e. The summed E-state index contributed by atoms with van der Waals surface area (Å²) in [6.45, 7) is 0. The van der Waals surface area contributed by atoms with Crippen molar-refractivity contribution in [1.82, 2.24) is 4.98 Å². The van der Waals surface area contributed by atoms with Gasteiger partial charge in [-0.05, 0) is 18.2 Å². The van der Waals surface area contributed by atoms with Crippen molar-refractivity contribution in [2.45, 2.75) is 0 Å². The van der Waals surface area contributed by atoms with Gasteiger partial charge in [-0.2, -0.15) is 0 Å². The summed E-state index contributed by atoms with van der Waals surface area (Å²) in [6.07, 6.45) is 0.